The molecule has 0 N–H and O–H groups in total. The summed E-state index contributed by atoms with van der Waals surface area (Å²) < 4.78 is 0. The van der Waals surface area contributed by atoms with E-state index in [2.05, 4.69) is 27.4 Å². The average Bonchev–Trinajstić information content (AvgIpc) is 2.17. The predicted octanol–water partition coefficient (Wildman–Crippen LogP) is 4.73. The van der Waals surface area contributed by atoms with E-state index in [-0.39, 0.29) is 0 Å². The van der Waals surface area contributed by atoms with E-state index >= 15 is 0 Å². The lowest BCUT2D eigenvalue weighted by molar-refractivity contribution is 0.234. The van der Waals surface area contributed by atoms with Crippen LogP contribution in [-0.4, -0.2) is 0 Å². The highest BCUT2D eigenvalue weighted by Crippen LogP contribution is 2.46. The van der Waals surface area contributed by atoms with E-state index in [4.69, 9.17) is 0 Å². The van der Waals surface area contributed by atoms with Crippen molar-refractivity contribution in [3.8, 4) is 0 Å². The number of hydrogen-bond donors (Lipinski definition) is 0. The first-order valence-electron chi connectivity index (χ1n) is 6.44. The summed E-state index contributed by atoms with van der Waals surface area (Å²) in [5.74, 6) is 2.60. The van der Waals surface area contributed by atoms with Crippen molar-refractivity contribution in [3.05, 3.63) is 23.3 Å². The fourth-order valence-corrected chi connectivity index (χ4v) is 3.52. The SMILES string of the molecule is C=C1CCC2=C(C)CCC(C(C)C)C2C1. The maximum absolute atomic E-state index is 4.20. The molecule has 0 aromatic heterocycles. The van der Waals surface area contributed by atoms with Gasteiger partial charge in [-0.2, -0.15) is 0 Å². The summed E-state index contributed by atoms with van der Waals surface area (Å²) >= 11 is 0. The van der Waals surface area contributed by atoms with Crippen molar-refractivity contribution >= 4 is 0 Å². The summed E-state index contributed by atoms with van der Waals surface area (Å²) in [6, 6.07) is 0. The molecule has 0 spiro atoms. The standard InChI is InChI=1S/C15H24/c1-10(2)13-8-6-12(4)14-7-5-11(3)9-15(13)14/h10,13,15H,3,5-9H2,1-2,4H3. The maximum atomic E-state index is 4.20. The molecule has 2 atom stereocenters. The lowest BCUT2D eigenvalue weighted by atomic mass is 9.65. The third-order valence-corrected chi connectivity index (χ3v) is 4.48. The van der Waals surface area contributed by atoms with Crippen molar-refractivity contribution in [2.75, 3.05) is 0 Å². The van der Waals surface area contributed by atoms with E-state index in [1.54, 1.807) is 11.1 Å². The summed E-state index contributed by atoms with van der Waals surface area (Å²) in [7, 11) is 0. The zero-order chi connectivity index (χ0) is 11.0. The predicted molar refractivity (Wildman–Crippen MR) is 66.7 cm³/mol. The summed E-state index contributed by atoms with van der Waals surface area (Å²) in [5, 5.41) is 0. The lowest BCUT2D eigenvalue weighted by Crippen LogP contribution is -2.29. The summed E-state index contributed by atoms with van der Waals surface area (Å²) in [6.07, 6.45) is 6.58. The molecule has 84 valence electrons. The van der Waals surface area contributed by atoms with Gasteiger partial charge in [0.2, 0.25) is 0 Å². The molecule has 1 fully saturated rings. The van der Waals surface area contributed by atoms with Crippen LogP contribution in [0.15, 0.2) is 23.3 Å². The Morgan fingerprint density at radius 2 is 1.93 bits per heavy atom. The Labute approximate surface area is 94.5 Å². The molecule has 0 amide bonds. The molecule has 2 unspecified atom stereocenters. The van der Waals surface area contributed by atoms with Crippen molar-refractivity contribution in [1.82, 2.24) is 0 Å². The van der Waals surface area contributed by atoms with E-state index in [1.807, 2.05) is 0 Å². The highest BCUT2D eigenvalue weighted by Gasteiger charge is 2.34. The highest BCUT2D eigenvalue weighted by molar-refractivity contribution is 5.26. The van der Waals surface area contributed by atoms with E-state index in [9.17, 15) is 0 Å². The molecular formula is C15H24. The fraction of sp³-hybridized carbons (Fsp3) is 0.733. The minimum Gasteiger partial charge on any atom is -0.0998 e. The minimum absolute atomic E-state index is 0.837. The van der Waals surface area contributed by atoms with Gasteiger partial charge in [-0.1, -0.05) is 37.1 Å². The van der Waals surface area contributed by atoms with E-state index in [0.717, 1.165) is 17.8 Å². The molecule has 0 aromatic rings. The Morgan fingerprint density at radius 1 is 1.20 bits per heavy atom. The minimum atomic E-state index is 0.837. The first kappa shape index (κ1) is 11.0. The van der Waals surface area contributed by atoms with Gasteiger partial charge in [-0.15, -0.1) is 0 Å². The smallest absolute Gasteiger partial charge is 0.0132 e. The molecule has 1 saturated carbocycles. The largest absolute Gasteiger partial charge is 0.0998 e. The topological polar surface area (TPSA) is 0 Å². The van der Waals surface area contributed by atoms with Gasteiger partial charge in [-0.25, -0.2) is 0 Å². The van der Waals surface area contributed by atoms with Crippen molar-refractivity contribution in [2.24, 2.45) is 17.8 Å². The zero-order valence-electron chi connectivity index (χ0n) is 10.5. The molecule has 0 nitrogen and oxygen atoms in total. The van der Waals surface area contributed by atoms with Crippen LogP contribution in [0.1, 0.15) is 52.9 Å². The quantitative estimate of drug-likeness (QED) is 0.542. The Hall–Kier alpha value is -0.520. The number of allylic oxidation sites excluding steroid dienone is 3. The van der Waals surface area contributed by atoms with Crippen molar-refractivity contribution < 1.29 is 0 Å². The molecule has 0 aromatic carbocycles. The maximum Gasteiger partial charge on any atom is -0.0132 e. The van der Waals surface area contributed by atoms with Crippen LogP contribution in [0.4, 0.5) is 0 Å². The van der Waals surface area contributed by atoms with Crippen LogP contribution >= 0.6 is 0 Å². The lowest BCUT2D eigenvalue weighted by Gasteiger charge is -2.41. The molecule has 0 aliphatic heterocycles. The second kappa shape index (κ2) is 4.15. The average molecular weight is 204 g/mol. The van der Waals surface area contributed by atoms with Crippen LogP contribution < -0.4 is 0 Å². The van der Waals surface area contributed by atoms with Crippen LogP contribution in [0.25, 0.3) is 0 Å². The van der Waals surface area contributed by atoms with Crippen molar-refractivity contribution in [2.45, 2.75) is 52.9 Å². The van der Waals surface area contributed by atoms with E-state index < -0.39 is 0 Å². The highest BCUT2D eigenvalue weighted by atomic mass is 14.4. The zero-order valence-corrected chi connectivity index (χ0v) is 10.5. The number of rotatable bonds is 1. The molecule has 0 heteroatoms. The van der Waals surface area contributed by atoms with Gasteiger partial charge in [0.1, 0.15) is 0 Å². The second-order valence-corrected chi connectivity index (χ2v) is 5.81. The van der Waals surface area contributed by atoms with E-state index in [0.29, 0.717) is 0 Å². The molecule has 0 heterocycles. The first-order valence-corrected chi connectivity index (χ1v) is 6.44. The van der Waals surface area contributed by atoms with Gasteiger partial charge >= 0.3 is 0 Å². The van der Waals surface area contributed by atoms with Gasteiger partial charge in [0.05, 0.1) is 0 Å². The van der Waals surface area contributed by atoms with Crippen molar-refractivity contribution in [3.63, 3.8) is 0 Å². The number of hydrogen-bond acceptors (Lipinski definition) is 0. The molecule has 0 saturated heterocycles. The van der Waals surface area contributed by atoms with Gasteiger partial charge in [-0.05, 0) is 56.8 Å². The van der Waals surface area contributed by atoms with Crippen LogP contribution in [-0.2, 0) is 0 Å². The third kappa shape index (κ3) is 2.04. The molecule has 2 aliphatic carbocycles. The molecule has 15 heavy (non-hydrogen) atoms. The number of fused-ring (bicyclic) bond motifs is 1. The van der Waals surface area contributed by atoms with Gasteiger partial charge in [-0.3, -0.25) is 0 Å². The fourth-order valence-electron chi connectivity index (χ4n) is 3.52. The Balaban J connectivity index is 2.26. The third-order valence-electron chi connectivity index (χ3n) is 4.48. The second-order valence-electron chi connectivity index (χ2n) is 5.81. The Kier molecular flexibility index (Phi) is 3.04. The molecular weight excluding hydrogens is 180 g/mol. The molecule has 2 rings (SSSR count). The monoisotopic (exact) mass is 204 g/mol. The van der Waals surface area contributed by atoms with Gasteiger partial charge in [0.25, 0.3) is 0 Å². The normalized spacial score (nSPS) is 32.1. The summed E-state index contributed by atoms with van der Waals surface area (Å²) in [6.45, 7) is 11.3. The summed E-state index contributed by atoms with van der Waals surface area (Å²) in [4.78, 5) is 0. The van der Waals surface area contributed by atoms with E-state index in [1.165, 1.54) is 37.7 Å². The molecule has 0 radical (unpaired) electrons. The summed E-state index contributed by atoms with van der Waals surface area (Å²) in [5.41, 5.74) is 4.99. The van der Waals surface area contributed by atoms with Gasteiger partial charge < -0.3 is 0 Å². The molecule has 2 aliphatic rings. The van der Waals surface area contributed by atoms with Crippen LogP contribution in [0.2, 0.25) is 0 Å². The Bertz CT molecular complexity index is 293. The molecule has 0 bridgehead atoms. The van der Waals surface area contributed by atoms with Gasteiger partial charge in [0, 0.05) is 0 Å². The van der Waals surface area contributed by atoms with Crippen molar-refractivity contribution in [1.29, 1.82) is 0 Å². The van der Waals surface area contributed by atoms with Crippen LogP contribution in [0.5, 0.6) is 0 Å². The van der Waals surface area contributed by atoms with Crippen LogP contribution in [0.3, 0.4) is 0 Å². The first-order chi connectivity index (χ1) is 7.09. The van der Waals surface area contributed by atoms with Crippen LogP contribution in [0, 0.1) is 17.8 Å². The Morgan fingerprint density at radius 3 is 2.60 bits per heavy atom. The van der Waals surface area contributed by atoms with Gasteiger partial charge in [0.15, 0.2) is 0 Å².